The van der Waals surface area contributed by atoms with Crippen LogP contribution in [0.3, 0.4) is 0 Å². The van der Waals surface area contributed by atoms with Crippen LogP contribution in [0.25, 0.3) is 10.8 Å². The number of hydrogen-bond donors (Lipinski definition) is 1. The van der Waals surface area contributed by atoms with Gasteiger partial charge in [0.1, 0.15) is 11.4 Å². The number of rotatable bonds is 7. The number of nitro groups is 1. The molecule has 0 saturated carbocycles. The molecule has 3 aromatic carbocycles. The van der Waals surface area contributed by atoms with E-state index in [1.54, 1.807) is 26.8 Å². The Bertz CT molecular complexity index is 1080. The van der Waals surface area contributed by atoms with E-state index in [1.165, 1.54) is 17.5 Å². The van der Waals surface area contributed by atoms with Gasteiger partial charge in [-0.05, 0) is 43.2 Å². The molecule has 0 aliphatic heterocycles. The Morgan fingerprint density at radius 1 is 1.03 bits per heavy atom. The average molecular weight is 422 g/mol. The Morgan fingerprint density at radius 3 is 2.52 bits per heavy atom. The van der Waals surface area contributed by atoms with Crippen LogP contribution in [0.1, 0.15) is 31.9 Å². The maximum Gasteiger partial charge on any atom is 0.407 e. The number of carbonyl (C=O) groups is 1. The summed E-state index contributed by atoms with van der Waals surface area (Å²) in [7, 11) is 0. The molecule has 0 atom stereocenters. The van der Waals surface area contributed by atoms with Gasteiger partial charge in [0.05, 0.1) is 18.1 Å². The third-order valence-corrected chi connectivity index (χ3v) is 4.59. The molecule has 0 aliphatic carbocycles. The lowest BCUT2D eigenvalue weighted by Crippen LogP contribution is -2.32. The van der Waals surface area contributed by atoms with E-state index in [9.17, 15) is 14.9 Å². The SMILES string of the molecule is CC(C)(C)OC(=O)NCc1cc([N+](=O)[O-])ccc1OCCc1cccc2ccccc12. The molecular weight excluding hydrogens is 396 g/mol. The summed E-state index contributed by atoms with van der Waals surface area (Å²) in [4.78, 5) is 22.7. The lowest BCUT2D eigenvalue weighted by molar-refractivity contribution is -0.384. The fraction of sp³-hybridized carbons (Fsp3) is 0.292. The zero-order chi connectivity index (χ0) is 22.4. The summed E-state index contributed by atoms with van der Waals surface area (Å²) in [5.74, 6) is 0.488. The molecule has 0 spiro atoms. The van der Waals surface area contributed by atoms with E-state index in [1.807, 2.05) is 18.2 Å². The predicted molar refractivity (Wildman–Crippen MR) is 119 cm³/mol. The highest BCUT2D eigenvalue weighted by atomic mass is 16.6. The monoisotopic (exact) mass is 422 g/mol. The fourth-order valence-electron chi connectivity index (χ4n) is 3.22. The molecule has 1 N–H and O–H groups in total. The standard InChI is InChI=1S/C24H26N2O5/c1-24(2,3)31-23(27)25-16-19-15-20(26(28)29)11-12-22(19)30-14-13-18-9-6-8-17-7-4-5-10-21(17)18/h4-12,15H,13-14,16H2,1-3H3,(H,25,27). The van der Waals surface area contributed by atoms with E-state index in [0.29, 0.717) is 24.3 Å². The Balaban J connectivity index is 1.71. The van der Waals surface area contributed by atoms with Gasteiger partial charge in [-0.3, -0.25) is 10.1 Å². The number of fused-ring (bicyclic) bond motifs is 1. The summed E-state index contributed by atoms with van der Waals surface area (Å²) in [6.45, 7) is 5.75. The van der Waals surface area contributed by atoms with Crippen molar-refractivity contribution in [3.63, 3.8) is 0 Å². The van der Waals surface area contributed by atoms with Gasteiger partial charge < -0.3 is 14.8 Å². The van der Waals surface area contributed by atoms with Gasteiger partial charge in [-0.2, -0.15) is 0 Å². The van der Waals surface area contributed by atoms with Crippen molar-refractivity contribution in [2.75, 3.05) is 6.61 Å². The fourth-order valence-corrected chi connectivity index (χ4v) is 3.22. The second kappa shape index (κ2) is 9.47. The molecule has 3 rings (SSSR count). The molecule has 0 bridgehead atoms. The summed E-state index contributed by atoms with van der Waals surface area (Å²) in [6.07, 6.45) is 0.0813. The number of benzene rings is 3. The van der Waals surface area contributed by atoms with Crippen LogP contribution in [0.4, 0.5) is 10.5 Å². The molecular formula is C24H26N2O5. The van der Waals surface area contributed by atoms with Gasteiger partial charge in [0.2, 0.25) is 0 Å². The number of amides is 1. The van der Waals surface area contributed by atoms with Crippen molar-refractivity contribution in [2.24, 2.45) is 0 Å². The normalized spacial score (nSPS) is 11.2. The molecule has 7 heteroatoms. The summed E-state index contributed by atoms with van der Waals surface area (Å²) in [5.41, 5.74) is 0.971. The summed E-state index contributed by atoms with van der Waals surface area (Å²) in [6, 6.07) is 18.7. The number of carbonyl (C=O) groups excluding carboxylic acids is 1. The van der Waals surface area contributed by atoms with Crippen LogP contribution >= 0.6 is 0 Å². The van der Waals surface area contributed by atoms with Crippen LogP contribution in [0.2, 0.25) is 0 Å². The Kier molecular flexibility index (Phi) is 6.74. The number of nitro benzene ring substituents is 1. The Labute approximate surface area is 181 Å². The number of nitrogens with zero attached hydrogens (tertiary/aromatic N) is 1. The van der Waals surface area contributed by atoms with E-state index >= 15 is 0 Å². The zero-order valence-corrected chi connectivity index (χ0v) is 17.9. The van der Waals surface area contributed by atoms with Gasteiger partial charge in [-0.1, -0.05) is 42.5 Å². The number of alkyl carbamates (subject to hydrolysis) is 1. The molecule has 0 heterocycles. The first-order chi connectivity index (χ1) is 14.7. The molecule has 162 valence electrons. The number of non-ortho nitro benzene ring substituents is 1. The van der Waals surface area contributed by atoms with Gasteiger partial charge >= 0.3 is 6.09 Å². The van der Waals surface area contributed by atoms with Gasteiger partial charge in [-0.15, -0.1) is 0 Å². The van der Waals surface area contributed by atoms with Gasteiger partial charge in [-0.25, -0.2) is 4.79 Å². The van der Waals surface area contributed by atoms with Crippen LogP contribution in [0.5, 0.6) is 5.75 Å². The van der Waals surface area contributed by atoms with Gasteiger partial charge in [0, 0.05) is 24.1 Å². The summed E-state index contributed by atoms with van der Waals surface area (Å²) in [5, 5.41) is 16.1. The van der Waals surface area contributed by atoms with Crippen molar-refractivity contribution in [1.82, 2.24) is 5.32 Å². The van der Waals surface area contributed by atoms with Crippen LogP contribution in [-0.2, 0) is 17.7 Å². The molecule has 0 aromatic heterocycles. The molecule has 31 heavy (non-hydrogen) atoms. The quantitative estimate of drug-likeness (QED) is 0.407. The van der Waals surface area contributed by atoms with Crippen molar-refractivity contribution in [3.8, 4) is 5.75 Å². The molecule has 3 aromatic rings. The average Bonchev–Trinajstić information content (AvgIpc) is 2.71. The Morgan fingerprint density at radius 2 is 1.77 bits per heavy atom. The van der Waals surface area contributed by atoms with Crippen molar-refractivity contribution in [3.05, 3.63) is 81.9 Å². The first kappa shape index (κ1) is 22.1. The smallest absolute Gasteiger partial charge is 0.407 e. The van der Waals surface area contributed by atoms with E-state index in [-0.39, 0.29) is 12.2 Å². The van der Waals surface area contributed by atoms with E-state index in [4.69, 9.17) is 9.47 Å². The van der Waals surface area contributed by atoms with Crippen molar-refractivity contribution < 1.29 is 19.2 Å². The lowest BCUT2D eigenvalue weighted by Gasteiger charge is -2.20. The maximum atomic E-state index is 12.0. The third kappa shape index (κ3) is 6.18. The highest BCUT2D eigenvalue weighted by molar-refractivity contribution is 5.85. The molecule has 0 fully saturated rings. The Hall–Kier alpha value is -3.61. The zero-order valence-electron chi connectivity index (χ0n) is 17.9. The largest absolute Gasteiger partial charge is 0.493 e. The molecule has 0 aliphatic rings. The van der Waals surface area contributed by atoms with Crippen molar-refractivity contribution in [1.29, 1.82) is 0 Å². The topological polar surface area (TPSA) is 90.7 Å². The second-order valence-corrected chi connectivity index (χ2v) is 8.14. The lowest BCUT2D eigenvalue weighted by atomic mass is 10.0. The molecule has 0 saturated heterocycles. The first-order valence-electron chi connectivity index (χ1n) is 10.1. The van der Waals surface area contributed by atoms with Crippen LogP contribution < -0.4 is 10.1 Å². The summed E-state index contributed by atoms with van der Waals surface area (Å²) < 4.78 is 11.2. The maximum absolute atomic E-state index is 12.0. The first-order valence-corrected chi connectivity index (χ1v) is 10.1. The number of nitrogens with one attached hydrogen (secondary N) is 1. The summed E-state index contributed by atoms with van der Waals surface area (Å²) >= 11 is 0. The minimum absolute atomic E-state index is 0.0557. The minimum Gasteiger partial charge on any atom is -0.493 e. The van der Waals surface area contributed by atoms with Crippen LogP contribution in [-0.4, -0.2) is 23.2 Å². The molecule has 0 radical (unpaired) electrons. The van der Waals surface area contributed by atoms with Crippen molar-refractivity contribution in [2.45, 2.75) is 39.3 Å². The van der Waals surface area contributed by atoms with Crippen LogP contribution in [0, 0.1) is 10.1 Å². The minimum atomic E-state index is -0.634. The van der Waals surface area contributed by atoms with E-state index in [0.717, 1.165) is 10.9 Å². The highest BCUT2D eigenvalue weighted by Gasteiger charge is 2.18. The van der Waals surface area contributed by atoms with E-state index < -0.39 is 16.6 Å². The molecule has 7 nitrogen and oxygen atoms in total. The van der Waals surface area contributed by atoms with E-state index in [2.05, 4.69) is 29.6 Å². The van der Waals surface area contributed by atoms with Crippen molar-refractivity contribution >= 4 is 22.6 Å². The molecule has 1 amide bonds. The second-order valence-electron chi connectivity index (χ2n) is 8.14. The highest BCUT2D eigenvalue weighted by Crippen LogP contribution is 2.25. The van der Waals surface area contributed by atoms with Gasteiger partial charge in [0.25, 0.3) is 5.69 Å². The number of hydrogen-bond acceptors (Lipinski definition) is 5. The predicted octanol–water partition coefficient (Wildman–Crippen LogP) is 5.39. The third-order valence-electron chi connectivity index (χ3n) is 4.59. The molecule has 0 unspecified atom stereocenters. The van der Waals surface area contributed by atoms with Crippen LogP contribution in [0.15, 0.2) is 60.7 Å². The number of ether oxygens (including phenoxy) is 2. The van der Waals surface area contributed by atoms with Gasteiger partial charge in [0.15, 0.2) is 0 Å².